The summed E-state index contributed by atoms with van der Waals surface area (Å²) in [7, 11) is 1.70. The second-order valence-electron chi connectivity index (χ2n) is 6.55. The first kappa shape index (κ1) is 20.3. The molecule has 1 aromatic carbocycles. The zero-order valence-corrected chi connectivity index (χ0v) is 16.1. The summed E-state index contributed by atoms with van der Waals surface area (Å²) in [4.78, 5) is 25.0. The van der Waals surface area contributed by atoms with Gasteiger partial charge in [-0.05, 0) is 32.9 Å². The Balaban J connectivity index is 2.10. The van der Waals surface area contributed by atoms with Gasteiger partial charge in [0.25, 0.3) is 5.91 Å². The molecular formula is C19H18F3N5O2. The molecule has 0 spiro atoms. The van der Waals surface area contributed by atoms with Gasteiger partial charge >= 0.3 is 6.18 Å². The van der Waals surface area contributed by atoms with E-state index in [9.17, 15) is 22.8 Å². The first-order valence-corrected chi connectivity index (χ1v) is 8.60. The number of hydrogen-bond acceptors (Lipinski definition) is 4. The van der Waals surface area contributed by atoms with Gasteiger partial charge in [-0.1, -0.05) is 12.1 Å². The Hall–Kier alpha value is -3.43. The number of rotatable bonds is 3. The van der Waals surface area contributed by atoms with Gasteiger partial charge in [0.2, 0.25) is 5.43 Å². The van der Waals surface area contributed by atoms with E-state index in [0.717, 1.165) is 16.8 Å². The number of alkyl halides is 3. The minimum absolute atomic E-state index is 0.164. The van der Waals surface area contributed by atoms with Crippen LogP contribution in [0.15, 0.2) is 35.1 Å². The van der Waals surface area contributed by atoms with Crippen molar-refractivity contribution in [3.63, 3.8) is 0 Å². The van der Waals surface area contributed by atoms with Crippen LogP contribution >= 0.6 is 0 Å². The highest BCUT2D eigenvalue weighted by Crippen LogP contribution is 2.33. The van der Waals surface area contributed by atoms with E-state index in [2.05, 4.69) is 15.5 Å². The fraction of sp³-hybridized carbons (Fsp3) is 0.263. The Bertz CT molecular complexity index is 1160. The number of carbonyl (C=O) groups is 1. The van der Waals surface area contributed by atoms with Crippen LogP contribution in [-0.2, 0) is 13.2 Å². The predicted octanol–water partition coefficient (Wildman–Crippen LogP) is 3.16. The van der Waals surface area contributed by atoms with E-state index < -0.39 is 28.8 Å². The monoisotopic (exact) mass is 405 g/mol. The maximum absolute atomic E-state index is 13.4. The summed E-state index contributed by atoms with van der Waals surface area (Å²) < 4.78 is 42.7. The largest absolute Gasteiger partial charge is 0.418 e. The van der Waals surface area contributed by atoms with Crippen molar-refractivity contribution in [3.05, 3.63) is 68.9 Å². The third-order valence-corrected chi connectivity index (χ3v) is 4.51. The van der Waals surface area contributed by atoms with E-state index in [0.29, 0.717) is 17.1 Å². The molecule has 1 amide bonds. The van der Waals surface area contributed by atoms with E-state index in [1.165, 1.54) is 25.1 Å². The van der Waals surface area contributed by atoms with Gasteiger partial charge in [-0.25, -0.2) is 4.68 Å². The van der Waals surface area contributed by atoms with Crippen molar-refractivity contribution in [2.75, 3.05) is 5.32 Å². The topological polar surface area (TPSA) is 81.8 Å². The number of anilines is 1. The smallest absolute Gasteiger partial charge is 0.317 e. The predicted molar refractivity (Wildman–Crippen MR) is 100 cm³/mol. The Labute approximate surface area is 163 Å². The number of halogens is 3. The van der Waals surface area contributed by atoms with Crippen LogP contribution in [0.25, 0.3) is 5.69 Å². The van der Waals surface area contributed by atoms with Crippen molar-refractivity contribution >= 4 is 11.6 Å². The van der Waals surface area contributed by atoms with Crippen LogP contribution in [0.1, 0.15) is 33.1 Å². The standard InChI is InChI=1S/C19H18F3N5O2/c1-10-9-15(28)17(18(29)23-16-11(2)24-26(4)12(16)3)25-27(10)14-8-6-5-7-13(14)19(20,21)22/h5-9H,1-4H3,(H,23,29). The molecule has 1 N–H and O–H groups in total. The van der Waals surface area contributed by atoms with Gasteiger partial charge in [0, 0.05) is 18.8 Å². The van der Waals surface area contributed by atoms with Gasteiger partial charge in [-0.3, -0.25) is 14.3 Å². The lowest BCUT2D eigenvalue weighted by Gasteiger charge is -2.16. The number of hydrogen-bond donors (Lipinski definition) is 1. The van der Waals surface area contributed by atoms with Crippen molar-refractivity contribution in [1.29, 1.82) is 0 Å². The Morgan fingerprint density at radius 1 is 1.10 bits per heavy atom. The Morgan fingerprint density at radius 3 is 2.34 bits per heavy atom. The highest BCUT2D eigenvalue weighted by molar-refractivity contribution is 6.03. The molecule has 3 aromatic rings. The van der Waals surface area contributed by atoms with E-state index in [1.807, 2.05) is 0 Å². The molecule has 3 rings (SSSR count). The first-order chi connectivity index (χ1) is 13.5. The number of aromatic nitrogens is 4. The van der Waals surface area contributed by atoms with Gasteiger partial charge in [0.05, 0.1) is 28.3 Å². The van der Waals surface area contributed by atoms with Crippen LogP contribution in [0.2, 0.25) is 0 Å². The van der Waals surface area contributed by atoms with Crippen molar-refractivity contribution < 1.29 is 18.0 Å². The van der Waals surface area contributed by atoms with E-state index >= 15 is 0 Å². The lowest BCUT2D eigenvalue weighted by Crippen LogP contribution is -2.28. The van der Waals surface area contributed by atoms with Crippen LogP contribution in [0.5, 0.6) is 0 Å². The first-order valence-electron chi connectivity index (χ1n) is 8.60. The molecule has 0 aliphatic heterocycles. The molecule has 7 nitrogen and oxygen atoms in total. The fourth-order valence-corrected chi connectivity index (χ4v) is 2.97. The summed E-state index contributed by atoms with van der Waals surface area (Å²) in [6, 6.07) is 5.90. The summed E-state index contributed by atoms with van der Waals surface area (Å²) >= 11 is 0. The van der Waals surface area contributed by atoms with Gasteiger partial charge < -0.3 is 5.32 Å². The Kier molecular flexibility index (Phi) is 5.04. The summed E-state index contributed by atoms with van der Waals surface area (Å²) in [5, 5.41) is 10.7. The molecule has 2 aromatic heterocycles. The molecule has 0 radical (unpaired) electrons. The lowest BCUT2D eigenvalue weighted by atomic mass is 10.1. The minimum Gasteiger partial charge on any atom is -0.317 e. The van der Waals surface area contributed by atoms with Crippen LogP contribution in [0.3, 0.4) is 0 Å². The quantitative estimate of drug-likeness (QED) is 0.726. The molecule has 0 unspecified atom stereocenters. The second-order valence-corrected chi connectivity index (χ2v) is 6.55. The Morgan fingerprint density at radius 2 is 1.76 bits per heavy atom. The molecule has 2 heterocycles. The van der Waals surface area contributed by atoms with Gasteiger partial charge in [-0.15, -0.1) is 0 Å². The van der Waals surface area contributed by atoms with Gasteiger partial charge in [0.15, 0.2) is 5.69 Å². The number of nitrogens with zero attached hydrogens (tertiary/aromatic N) is 4. The number of benzene rings is 1. The SMILES string of the molecule is Cc1nn(C)c(C)c1NC(=O)c1nn(-c2ccccc2C(F)(F)F)c(C)cc1=O. The third kappa shape index (κ3) is 3.78. The number of carbonyl (C=O) groups excluding carboxylic acids is 1. The van der Waals surface area contributed by atoms with Crippen molar-refractivity contribution in [2.45, 2.75) is 26.9 Å². The molecule has 0 fully saturated rings. The molecule has 29 heavy (non-hydrogen) atoms. The second kappa shape index (κ2) is 7.19. The van der Waals surface area contributed by atoms with Crippen LogP contribution in [0.4, 0.5) is 18.9 Å². The molecule has 0 aliphatic carbocycles. The molecule has 0 aliphatic rings. The van der Waals surface area contributed by atoms with E-state index in [1.54, 1.807) is 25.6 Å². The minimum atomic E-state index is -4.62. The molecule has 0 saturated heterocycles. The molecule has 0 bridgehead atoms. The lowest BCUT2D eigenvalue weighted by molar-refractivity contribution is -0.137. The zero-order chi connectivity index (χ0) is 21.5. The summed E-state index contributed by atoms with van der Waals surface area (Å²) in [5.41, 5.74) is -0.641. The zero-order valence-electron chi connectivity index (χ0n) is 16.1. The van der Waals surface area contributed by atoms with E-state index in [-0.39, 0.29) is 11.4 Å². The van der Waals surface area contributed by atoms with E-state index in [4.69, 9.17) is 0 Å². The maximum Gasteiger partial charge on any atom is 0.418 e. The van der Waals surface area contributed by atoms with Crippen LogP contribution in [-0.4, -0.2) is 25.5 Å². The van der Waals surface area contributed by atoms with Crippen LogP contribution < -0.4 is 10.7 Å². The summed E-state index contributed by atoms with van der Waals surface area (Å²) in [6.45, 7) is 4.86. The normalized spacial score (nSPS) is 11.6. The summed E-state index contributed by atoms with van der Waals surface area (Å²) in [6.07, 6.45) is -4.62. The third-order valence-electron chi connectivity index (χ3n) is 4.51. The fourth-order valence-electron chi connectivity index (χ4n) is 2.97. The molecule has 10 heteroatoms. The average Bonchev–Trinajstić information content (AvgIpc) is 2.87. The average molecular weight is 405 g/mol. The van der Waals surface area contributed by atoms with Gasteiger partial charge in [-0.2, -0.15) is 23.4 Å². The number of amides is 1. The number of para-hydroxylation sites is 1. The molecule has 0 saturated carbocycles. The van der Waals surface area contributed by atoms with Crippen molar-refractivity contribution in [1.82, 2.24) is 19.6 Å². The van der Waals surface area contributed by atoms with Gasteiger partial charge in [0.1, 0.15) is 0 Å². The highest BCUT2D eigenvalue weighted by Gasteiger charge is 2.34. The van der Waals surface area contributed by atoms with Crippen molar-refractivity contribution in [2.24, 2.45) is 7.05 Å². The van der Waals surface area contributed by atoms with Crippen molar-refractivity contribution in [3.8, 4) is 5.69 Å². The molecular weight excluding hydrogens is 387 g/mol. The maximum atomic E-state index is 13.4. The number of nitrogens with one attached hydrogen (secondary N) is 1. The highest BCUT2D eigenvalue weighted by atomic mass is 19.4. The molecule has 152 valence electrons. The summed E-state index contributed by atoms with van der Waals surface area (Å²) in [5.74, 6) is -0.826. The molecule has 0 atom stereocenters. The number of aryl methyl sites for hydroxylation is 3. The van der Waals surface area contributed by atoms with Crippen LogP contribution in [0, 0.1) is 20.8 Å².